The Kier molecular flexibility index (Phi) is 24.7. The number of nitrogens with zero attached hydrogens (tertiary/aromatic N) is 14. The summed E-state index contributed by atoms with van der Waals surface area (Å²) in [7, 11) is 3.18. The number of nitriles is 1. The van der Waals surface area contributed by atoms with Crippen LogP contribution in [0.4, 0.5) is 17.5 Å². The number of carbonyl (C=O) groups excluding carboxylic acids is 2. The number of hydrogen-bond donors (Lipinski definition) is 5. The number of anilines is 3. The molecular weight excluding hydrogens is 1470 g/mol. The molecule has 9 heterocycles. The van der Waals surface area contributed by atoms with Crippen molar-refractivity contribution in [2.75, 3.05) is 49.8 Å². The molecule has 5 N–H and O–H groups in total. The molecule has 25 heteroatoms. The van der Waals surface area contributed by atoms with E-state index >= 15 is 0 Å². The number of amides is 2. The first-order chi connectivity index (χ1) is 56.6. The molecular formula is C92H86N18O7. The number of pyridine rings is 6. The Balaban J connectivity index is 0.000000153. The van der Waals surface area contributed by atoms with Crippen LogP contribution >= 0.6 is 0 Å². The second-order valence-electron chi connectivity index (χ2n) is 27.9. The van der Waals surface area contributed by atoms with E-state index in [1.165, 1.54) is 23.5 Å². The summed E-state index contributed by atoms with van der Waals surface area (Å²) in [5, 5.41) is 35.8. The van der Waals surface area contributed by atoms with Crippen LogP contribution < -0.4 is 42.7 Å². The Morgan fingerprint density at radius 1 is 0.479 bits per heavy atom. The number of aliphatic hydroxyl groups excluding tert-OH is 1. The molecule has 0 aliphatic rings. The molecule has 25 nitrogen and oxygen atoms in total. The van der Waals surface area contributed by atoms with Gasteiger partial charge in [0.15, 0.2) is 0 Å². The molecule has 15 rings (SSSR count). The smallest absolute Gasteiger partial charge is 0.263 e. The fourth-order valence-electron chi connectivity index (χ4n) is 14.2. The number of para-hydroxylation sites is 3. The van der Waals surface area contributed by atoms with Gasteiger partial charge >= 0.3 is 0 Å². The molecule has 0 unspecified atom stereocenters. The molecule has 0 fully saturated rings. The van der Waals surface area contributed by atoms with Gasteiger partial charge in [-0.1, -0.05) is 109 Å². The number of aliphatic hydroxyl groups is 1. The molecule has 117 heavy (non-hydrogen) atoms. The quantitative estimate of drug-likeness (QED) is 0.0446. The molecule has 3 atom stereocenters. The maximum atomic E-state index is 14.4. The van der Waals surface area contributed by atoms with Gasteiger partial charge in [-0.25, -0.2) is 34.9 Å². The van der Waals surface area contributed by atoms with Crippen molar-refractivity contribution in [3.8, 4) is 62.4 Å². The van der Waals surface area contributed by atoms with E-state index in [4.69, 9.17) is 4.74 Å². The predicted molar refractivity (Wildman–Crippen MR) is 458 cm³/mol. The molecule has 9 aromatic heterocycles. The number of likely N-dealkylation sites (N-methyl/N-ethyl adjacent to an activating group) is 1. The Labute approximate surface area is 675 Å². The summed E-state index contributed by atoms with van der Waals surface area (Å²) in [5.74, 6) is 2.65. The van der Waals surface area contributed by atoms with Crippen LogP contribution in [0.3, 0.4) is 0 Å². The lowest BCUT2D eigenvalue weighted by atomic mass is 9.98. The highest BCUT2D eigenvalue weighted by atomic mass is 16.5. The molecule has 0 spiro atoms. The molecule has 2 amide bonds. The summed E-state index contributed by atoms with van der Waals surface area (Å²) in [5.41, 5.74) is 11.8. The Bertz CT molecular complexity index is 6450. The fraction of sp³-hybridized carbons (Fsp3) is 0.185. The lowest BCUT2D eigenvalue weighted by molar-refractivity contribution is 0.0766. The average Bonchev–Trinajstić information content (AvgIpc) is 0.759. The molecule has 15 aromatic rings. The van der Waals surface area contributed by atoms with Gasteiger partial charge in [-0.3, -0.25) is 47.6 Å². The monoisotopic (exact) mass is 1550 g/mol. The van der Waals surface area contributed by atoms with Crippen LogP contribution in [0.15, 0.2) is 252 Å². The number of ether oxygens (including phenoxy) is 1. The second kappa shape index (κ2) is 35.9. The van der Waals surface area contributed by atoms with Crippen LogP contribution in [0, 0.1) is 45.9 Å². The number of aryl methyl sites for hydroxylation is 5. The zero-order valence-corrected chi connectivity index (χ0v) is 66.5. The van der Waals surface area contributed by atoms with Gasteiger partial charge in [0.1, 0.15) is 57.7 Å². The number of nitrogens with one attached hydrogen (secondary N) is 4. The summed E-state index contributed by atoms with van der Waals surface area (Å²) in [4.78, 5) is 109. The molecule has 0 aliphatic heterocycles. The summed E-state index contributed by atoms with van der Waals surface area (Å²) >= 11 is 0. The second-order valence-corrected chi connectivity index (χ2v) is 27.9. The topological polar surface area (TPSA) is 321 Å². The fourth-order valence-corrected chi connectivity index (χ4v) is 14.2. The number of rotatable bonds is 21. The zero-order valence-electron chi connectivity index (χ0n) is 66.5. The van der Waals surface area contributed by atoms with Crippen molar-refractivity contribution in [2.45, 2.75) is 80.4 Å². The van der Waals surface area contributed by atoms with Gasteiger partial charge < -0.3 is 36.0 Å². The van der Waals surface area contributed by atoms with E-state index in [1.807, 2.05) is 242 Å². The van der Waals surface area contributed by atoms with E-state index in [2.05, 4.69) is 72.2 Å². The van der Waals surface area contributed by atoms with Crippen molar-refractivity contribution in [3.05, 3.63) is 331 Å². The van der Waals surface area contributed by atoms with Crippen LogP contribution in [-0.4, -0.2) is 114 Å². The molecule has 586 valence electrons. The van der Waals surface area contributed by atoms with E-state index in [-0.39, 0.29) is 59.3 Å². The average molecular weight is 1560 g/mol. The van der Waals surface area contributed by atoms with Gasteiger partial charge in [0.2, 0.25) is 5.88 Å². The van der Waals surface area contributed by atoms with Crippen LogP contribution in [0.1, 0.15) is 118 Å². The number of benzene rings is 6. The molecule has 6 aromatic carbocycles. The third kappa shape index (κ3) is 17.6. The van der Waals surface area contributed by atoms with Crippen molar-refractivity contribution in [2.24, 2.45) is 0 Å². The number of aromatic nitrogens is 12. The van der Waals surface area contributed by atoms with E-state index in [1.54, 1.807) is 67.2 Å². The number of carbonyl (C=O) groups is 2. The first-order valence-corrected chi connectivity index (χ1v) is 38.1. The van der Waals surface area contributed by atoms with E-state index < -0.39 is 6.04 Å². The molecule has 0 bridgehead atoms. The Hall–Kier alpha value is -14.8. The van der Waals surface area contributed by atoms with Crippen molar-refractivity contribution in [3.63, 3.8) is 0 Å². The van der Waals surface area contributed by atoms with Gasteiger partial charge in [0.25, 0.3) is 28.5 Å². The minimum Gasteiger partial charge on any atom is -0.478 e. The minimum atomic E-state index is -0.428. The first kappa shape index (κ1) is 80.3. The third-order valence-electron chi connectivity index (χ3n) is 19.7. The van der Waals surface area contributed by atoms with Gasteiger partial charge in [0, 0.05) is 103 Å². The van der Waals surface area contributed by atoms with Gasteiger partial charge in [-0.15, -0.1) is 0 Å². The van der Waals surface area contributed by atoms with Crippen molar-refractivity contribution < 1.29 is 19.4 Å². The zero-order chi connectivity index (χ0) is 82.6. The summed E-state index contributed by atoms with van der Waals surface area (Å²) < 4.78 is 10.8. The van der Waals surface area contributed by atoms with Gasteiger partial charge in [-0.2, -0.15) is 5.26 Å². The highest BCUT2D eigenvalue weighted by Gasteiger charge is 2.27. The Morgan fingerprint density at radius 3 is 1.25 bits per heavy atom. The lowest BCUT2D eigenvalue weighted by Gasteiger charge is -2.24. The Morgan fingerprint density at radius 2 is 0.855 bits per heavy atom. The summed E-state index contributed by atoms with van der Waals surface area (Å²) in [6, 6.07) is 64.6. The lowest BCUT2D eigenvalue weighted by Crippen LogP contribution is -2.31. The first-order valence-electron chi connectivity index (χ1n) is 38.1. The highest BCUT2D eigenvalue weighted by molar-refractivity contribution is 6.01. The highest BCUT2D eigenvalue weighted by Crippen LogP contribution is 2.36. The van der Waals surface area contributed by atoms with Crippen LogP contribution in [0.5, 0.6) is 5.88 Å². The van der Waals surface area contributed by atoms with Gasteiger partial charge in [-0.05, 0) is 197 Å². The molecule has 0 aliphatic carbocycles. The van der Waals surface area contributed by atoms with Gasteiger partial charge in [0.05, 0.1) is 53.7 Å². The van der Waals surface area contributed by atoms with E-state index in [0.29, 0.717) is 80.4 Å². The maximum absolute atomic E-state index is 14.4. The van der Waals surface area contributed by atoms with Crippen LogP contribution in [-0.2, 0) is 0 Å². The van der Waals surface area contributed by atoms with Crippen molar-refractivity contribution >= 4 is 61.6 Å². The van der Waals surface area contributed by atoms with Crippen molar-refractivity contribution in [1.82, 2.24) is 68.8 Å². The summed E-state index contributed by atoms with van der Waals surface area (Å²) in [6.07, 6.45) is 9.68. The number of hydrogen-bond acceptors (Lipinski definition) is 20. The largest absolute Gasteiger partial charge is 0.478 e. The molecule has 0 saturated carbocycles. The minimum absolute atomic E-state index is 0.132. The van der Waals surface area contributed by atoms with Crippen LogP contribution in [0.25, 0.3) is 82.8 Å². The SMILES string of the molecule is CCOc1cc(-c2cccc3cc([C@H](C)Nc4nc(C)ncc4C#N)n(-c4ccccc4)c(=O)c23)ccn1.CNC(=O)c1cnc(C)nc1N[C@@H](C)c1cc2cccc(-c3ccnc(C)c3)c2c(=O)n1-c1ccccc1.Cc1cc(-c2cccc3cc([C@H](C)Nc4nc(C)ncc4C(=O)N(C)CCO)n(-c4ccccc4)c(=O)c23)ccn1. The predicted octanol–water partition coefficient (Wildman–Crippen LogP) is 15.3. The molecule has 0 radical (unpaired) electrons. The summed E-state index contributed by atoms with van der Waals surface area (Å²) in [6.45, 7) is 17.4. The van der Waals surface area contributed by atoms with E-state index in [9.17, 15) is 34.3 Å². The normalized spacial score (nSPS) is 11.8. The maximum Gasteiger partial charge on any atom is 0.263 e. The van der Waals surface area contributed by atoms with Crippen LogP contribution in [0.2, 0.25) is 0 Å². The number of fused-ring (bicyclic) bond motifs is 3. The van der Waals surface area contributed by atoms with E-state index in [0.717, 1.165) is 89.4 Å². The third-order valence-corrected chi connectivity index (χ3v) is 19.7. The standard InChI is InChI=1S/C32H32N6O3.C30H28N6O2.C30H26N6O2/c1-20-17-23(13-14-33-20)26-12-8-9-24-18-28(38(32(41)29(24)26)25-10-6-5-7-11-25)21(2)35-30-27(19-34-22(3)36-30)31(40)37(4)15-16-39;1-18-15-21(13-14-32-18)24-12-8-9-22-16-26(36(30(38)27(22)24)23-10-6-5-7-11-23)19(2)34-28-25(29(37)31-4)17-33-20(3)35-28;1-4-38-27-16-21(13-14-32-27)25-12-8-9-22-15-26(19(2)34-29-23(17-31)18-33-20(3)35-29)36(30(37)28(22)25)24-10-6-5-7-11-24/h5-14,17-19,21,39H,15-16H2,1-4H3,(H,34,35,36);5-17,19H,1-4H3,(H,31,37)(H,33,34,35);5-16,18-19H,4H2,1-3H3,(H,33,34,35)/t21-;2*19-/m000/s1. The molecule has 0 saturated heterocycles. The van der Waals surface area contributed by atoms with Crippen molar-refractivity contribution in [1.29, 1.82) is 5.26 Å².